The van der Waals surface area contributed by atoms with E-state index < -0.39 is 5.79 Å². The largest absolute Gasteiger partial charge is 0.466 e. The first kappa shape index (κ1) is 11.6. The van der Waals surface area contributed by atoms with Crippen molar-refractivity contribution in [3.8, 4) is 0 Å². The number of ether oxygens (including phenoxy) is 3. The van der Waals surface area contributed by atoms with Crippen LogP contribution < -0.4 is 0 Å². The van der Waals surface area contributed by atoms with E-state index in [1.807, 2.05) is 6.08 Å². The lowest BCUT2D eigenvalue weighted by atomic mass is 9.83. The first-order chi connectivity index (χ1) is 7.62. The van der Waals surface area contributed by atoms with Crippen LogP contribution in [-0.4, -0.2) is 32.1 Å². The van der Waals surface area contributed by atoms with Gasteiger partial charge in [-0.3, -0.25) is 0 Å². The first-order valence-corrected chi connectivity index (χ1v) is 5.67. The normalized spacial score (nSPS) is 32.6. The Bertz CT molecular complexity index is 299. The summed E-state index contributed by atoms with van der Waals surface area (Å²) < 4.78 is 16.1. The Morgan fingerprint density at radius 3 is 2.62 bits per heavy atom. The molecule has 0 aromatic carbocycles. The van der Waals surface area contributed by atoms with Crippen molar-refractivity contribution in [3.05, 3.63) is 12.2 Å². The monoisotopic (exact) mass is 226 g/mol. The maximum Gasteiger partial charge on any atom is 0.330 e. The Morgan fingerprint density at radius 2 is 2.00 bits per heavy atom. The summed E-state index contributed by atoms with van der Waals surface area (Å²) in [5, 5.41) is 0. The van der Waals surface area contributed by atoms with E-state index in [0.717, 1.165) is 19.3 Å². The Morgan fingerprint density at radius 1 is 1.31 bits per heavy atom. The average Bonchev–Trinajstić information content (AvgIpc) is 2.87. The molecule has 1 aliphatic heterocycles. The number of carbonyl (C=O) groups is 1. The highest BCUT2D eigenvalue weighted by molar-refractivity contribution is 5.81. The molecule has 0 radical (unpaired) electrons. The van der Waals surface area contributed by atoms with Crippen molar-refractivity contribution in [3.63, 3.8) is 0 Å². The predicted molar refractivity (Wildman–Crippen MR) is 57.7 cm³/mol. The van der Waals surface area contributed by atoms with E-state index in [1.165, 1.54) is 13.2 Å². The van der Waals surface area contributed by atoms with Gasteiger partial charge in [-0.05, 0) is 12.8 Å². The van der Waals surface area contributed by atoms with Crippen LogP contribution in [0.5, 0.6) is 0 Å². The minimum atomic E-state index is -0.516. The minimum Gasteiger partial charge on any atom is -0.466 e. The van der Waals surface area contributed by atoms with Gasteiger partial charge in [-0.15, -0.1) is 0 Å². The fraction of sp³-hybridized carbons (Fsp3) is 0.750. The van der Waals surface area contributed by atoms with Gasteiger partial charge >= 0.3 is 5.97 Å². The molecule has 0 amide bonds. The Kier molecular flexibility index (Phi) is 3.04. The summed E-state index contributed by atoms with van der Waals surface area (Å²) in [7, 11) is 1.38. The van der Waals surface area contributed by atoms with Crippen LogP contribution in [0.3, 0.4) is 0 Å². The van der Waals surface area contributed by atoms with Crippen LogP contribution in [0, 0.1) is 5.41 Å². The molecule has 1 saturated carbocycles. The van der Waals surface area contributed by atoms with Crippen LogP contribution in [0.25, 0.3) is 0 Å². The molecule has 0 unspecified atom stereocenters. The van der Waals surface area contributed by atoms with Gasteiger partial charge in [-0.25, -0.2) is 4.79 Å². The lowest BCUT2D eigenvalue weighted by Gasteiger charge is -2.36. The highest BCUT2D eigenvalue weighted by Crippen LogP contribution is 2.52. The molecule has 0 N–H and O–H groups in total. The van der Waals surface area contributed by atoms with Crippen LogP contribution in [0.15, 0.2) is 12.2 Å². The van der Waals surface area contributed by atoms with Gasteiger partial charge in [0, 0.05) is 17.9 Å². The van der Waals surface area contributed by atoms with E-state index in [-0.39, 0.29) is 11.4 Å². The zero-order valence-electron chi connectivity index (χ0n) is 9.82. The zero-order chi connectivity index (χ0) is 11.6. The molecule has 2 fully saturated rings. The molecular weight excluding hydrogens is 208 g/mol. The Balaban J connectivity index is 2.16. The van der Waals surface area contributed by atoms with Gasteiger partial charge in [-0.2, -0.15) is 0 Å². The van der Waals surface area contributed by atoms with Gasteiger partial charge in [0.15, 0.2) is 5.79 Å². The molecule has 90 valence electrons. The molecule has 1 heterocycles. The molecule has 2 rings (SSSR count). The number of carbonyl (C=O) groups excluding carboxylic acids is 1. The predicted octanol–water partition coefficient (Wildman–Crippen LogP) is 1.65. The molecule has 0 aromatic rings. The molecule has 2 aliphatic rings. The molecular formula is C12H18O4. The number of esters is 1. The molecule has 0 aromatic heterocycles. The summed E-state index contributed by atoms with van der Waals surface area (Å²) in [5.41, 5.74) is -0.225. The van der Waals surface area contributed by atoms with Crippen LogP contribution in [0.1, 0.15) is 26.2 Å². The standard InChI is InChI=1S/C12H18O4/c1-11(7-4-10(13)14-2)5-3-6-12(11)15-8-9-16-12/h4,7H,3,5-6,8-9H2,1-2H3/b7-4+/t11-/m1/s1. The van der Waals surface area contributed by atoms with Crippen molar-refractivity contribution in [1.82, 2.24) is 0 Å². The third-order valence-corrected chi connectivity index (χ3v) is 3.61. The highest BCUT2D eigenvalue weighted by Gasteiger charge is 2.54. The highest BCUT2D eigenvalue weighted by atomic mass is 16.7. The van der Waals surface area contributed by atoms with Crippen LogP contribution >= 0.6 is 0 Å². The van der Waals surface area contributed by atoms with Crippen molar-refractivity contribution in [2.24, 2.45) is 5.41 Å². The summed E-state index contributed by atoms with van der Waals surface area (Å²) >= 11 is 0. The second-order valence-electron chi connectivity index (χ2n) is 4.58. The lowest BCUT2D eigenvalue weighted by molar-refractivity contribution is -0.201. The molecule has 4 heteroatoms. The molecule has 4 nitrogen and oxygen atoms in total. The van der Waals surface area contributed by atoms with Crippen LogP contribution in [-0.2, 0) is 19.0 Å². The SMILES string of the molecule is COC(=O)/C=C/[C@@]1(C)CCCC12OCCO2. The van der Waals surface area contributed by atoms with Gasteiger partial charge in [0.25, 0.3) is 0 Å². The Labute approximate surface area is 95.6 Å². The molecule has 1 atom stereocenters. The smallest absolute Gasteiger partial charge is 0.330 e. The van der Waals surface area contributed by atoms with Crippen LogP contribution in [0.2, 0.25) is 0 Å². The summed E-state index contributed by atoms with van der Waals surface area (Å²) in [6, 6.07) is 0. The fourth-order valence-corrected chi connectivity index (χ4v) is 2.62. The first-order valence-electron chi connectivity index (χ1n) is 5.67. The van der Waals surface area contributed by atoms with E-state index in [4.69, 9.17) is 9.47 Å². The van der Waals surface area contributed by atoms with Gasteiger partial charge in [0.1, 0.15) is 0 Å². The number of hydrogen-bond donors (Lipinski definition) is 0. The zero-order valence-corrected chi connectivity index (χ0v) is 9.82. The van der Waals surface area contributed by atoms with Crippen molar-refractivity contribution in [1.29, 1.82) is 0 Å². The molecule has 1 saturated heterocycles. The summed E-state index contributed by atoms with van der Waals surface area (Å²) in [6.45, 7) is 3.36. The Hall–Kier alpha value is -0.870. The summed E-state index contributed by atoms with van der Waals surface area (Å²) in [4.78, 5) is 11.1. The number of methoxy groups -OCH3 is 1. The number of hydrogen-bond acceptors (Lipinski definition) is 4. The van der Waals surface area contributed by atoms with Crippen molar-refractivity contribution >= 4 is 5.97 Å². The van der Waals surface area contributed by atoms with Gasteiger partial charge < -0.3 is 14.2 Å². The summed E-state index contributed by atoms with van der Waals surface area (Å²) in [5.74, 6) is -0.849. The van der Waals surface area contributed by atoms with E-state index in [0.29, 0.717) is 13.2 Å². The summed E-state index contributed by atoms with van der Waals surface area (Å²) in [6.07, 6.45) is 6.27. The second kappa shape index (κ2) is 4.18. The van der Waals surface area contributed by atoms with Crippen molar-refractivity contribution < 1.29 is 19.0 Å². The topological polar surface area (TPSA) is 44.8 Å². The van der Waals surface area contributed by atoms with Gasteiger partial charge in [0.05, 0.1) is 20.3 Å². The van der Waals surface area contributed by atoms with Gasteiger partial charge in [0.2, 0.25) is 0 Å². The van der Waals surface area contributed by atoms with E-state index >= 15 is 0 Å². The maximum atomic E-state index is 11.1. The molecule has 0 bridgehead atoms. The quantitative estimate of drug-likeness (QED) is 0.530. The third-order valence-electron chi connectivity index (χ3n) is 3.61. The fourth-order valence-electron chi connectivity index (χ4n) is 2.62. The molecule has 1 spiro atoms. The van der Waals surface area contributed by atoms with Crippen molar-refractivity contribution in [2.75, 3.05) is 20.3 Å². The number of rotatable bonds is 2. The lowest BCUT2D eigenvalue weighted by Crippen LogP contribution is -2.41. The average molecular weight is 226 g/mol. The molecule has 16 heavy (non-hydrogen) atoms. The third kappa shape index (κ3) is 1.76. The van der Waals surface area contributed by atoms with E-state index in [1.54, 1.807) is 0 Å². The van der Waals surface area contributed by atoms with Crippen molar-refractivity contribution in [2.45, 2.75) is 32.0 Å². The molecule has 1 aliphatic carbocycles. The van der Waals surface area contributed by atoms with Gasteiger partial charge in [-0.1, -0.05) is 13.0 Å². The van der Waals surface area contributed by atoms with E-state index in [2.05, 4.69) is 11.7 Å². The minimum absolute atomic E-state index is 0.225. The van der Waals surface area contributed by atoms with Crippen LogP contribution in [0.4, 0.5) is 0 Å². The maximum absolute atomic E-state index is 11.1. The second-order valence-corrected chi connectivity index (χ2v) is 4.58. The van der Waals surface area contributed by atoms with E-state index in [9.17, 15) is 4.79 Å².